The van der Waals surface area contributed by atoms with Crippen LogP contribution in [-0.2, 0) is 10.8 Å². The molecule has 30 heavy (non-hydrogen) atoms. The van der Waals surface area contributed by atoms with Gasteiger partial charge < -0.3 is 10.2 Å². The summed E-state index contributed by atoms with van der Waals surface area (Å²) in [5.41, 5.74) is 7.50. The third-order valence-corrected chi connectivity index (χ3v) is 5.63. The maximum absolute atomic E-state index is 11.0. The Morgan fingerprint density at radius 3 is 1.10 bits per heavy atom. The van der Waals surface area contributed by atoms with Crippen molar-refractivity contribution >= 4 is 0 Å². The van der Waals surface area contributed by atoms with E-state index in [2.05, 4.69) is 67.5 Å². The number of aromatic hydroxyl groups is 2. The van der Waals surface area contributed by atoms with Crippen molar-refractivity contribution in [2.24, 2.45) is 0 Å². The lowest BCUT2D eigenvalue weighted by Gasteiger charge is -2.23. The minimum atomic E-state index is -0.137. The summed E-state index contributed by atoms with van der Waals surface area (Å²) >= 11 is 0. The quantitative estimate of drug-likeness (QED) is 0.462. The summed E-state index contributed by atoms with van der Waals surface area (Å²) in [4.78, 5) is 0. The fraction of sp³-hybridized carbons (Fsp3) is 0.357. The highest BCUT2D eigenvalue weighted by atomic mass is 16.3. The monoisotopic (exact) mass is 402 g/mol. The summed E-state index contributed by atoms with van der Waals surface area (Å²) in [5, 5.41) is 21.9. The molecule has 0 atom stereocenters. The molecule has 0 unspecified atom stereocenters. The molecule has 0 saturated heterocycles. The molecule has 0 aliphatic carbocycles. The minimum absolute atomic E-state index is 0.137. The van der Waals surface area contributed by atoms with Crippen LogP contribution in [0.4, 0.5) is 0 Å². The van der Waals surface area contributed by atoms with Gasteiger partial charge in [0.2, 0.25) is 0 Å². The number of rotatable bonds is 2. The molecule has 0 aromatic heterocycles. The van der Waals surface area contributed by atoms with Crippen LogP contribution in [0.25, 0.3) is 22.3 Å². The average molecular weight is 403 g/mol. The highest BCUT2D eigenvalue weighted by molar-refractivity contribution is 5.78. The molecule has 2 N–H and O–H groups in total. The van der Waals surface area contributed by atoms with Crippen LogP contribution in [-0.4, -0.2) is 10.2 Å². The molecule has 2 nitrogen and oxygen atoms in total. The Morgan fingerprint density at radius 2 is 0.833 bits per heavy atom. The molecule has 3 aromatic carbocycles. The molecule has 0 radical (unpaired) electrons. The van der Waals surface area contributed by atoms with Crippen molar-refractivity contribution in [3.05, 3.63) is 70.8 Å². The SMILES string of the molecule is Cc1cc(-c2ccc(-c3cc(C)cc(C(C)(C)C)c3O)cc2)c(O)c(C(C)(C)C)c1. The average Bonchev–Trinajstić information content (AvgIpc) is 2.63. The zero-order valence-electron chi connectivity index (χ0n) is 19.5. The molecule has 158 valence electrons. The van der Waals surface area contributed by atoms with Crippen molar-refractivity contribution in [1.82, 2.24) is 0 Å². The molecule has 0 amide bonds. The number of benzene rings is 3. The molecule has 0 saturated carbocycles. The van der Waals surface area contributed by atoms with Gasteiger partial charge >= 0.3 is 0 Å². The Balaban J connectivity index is 2.10. The summed E-state index contributed by atoms with van der Waals surface area (Å²) in [6, 6.07) is 16.3. The summed E-state index contributed by atoms with van der Waals surface area (Å²) in [6.07, 6.45) is 0. The number of hydrogen-bond donors (Lipinski definition) is 2. The van der Waals surface area contributed by atoms with Crippen LogP contribution < -0.4 is 0 Å². The van der Waals surface area contributed by atoms with Crippen LogP contribution in [0.1, 0.15) is 63.8 Å². The van der Waals surface area contributed by atoms with Crippen LogP contribution in [0.5, 0.6) is 11.5 Å². The van der Waals surface area contributed by atoms with Gasteiger partial charge in [-0.3, -0.25) is 0 Å². The van der Waals surface area contributed by atoms with Crippen molar-refractivity contribution in [2.75, 3.05) is 0 Å². The zero-order chi connectivity index (χ0) is 22.4. The molecule has 0 spiro atoms. The van der Waals surface area contributed by atoms with E-state index in [1.807, 2.05) is 36.4 Å². The molecule has 0 fully saturated rings. The molecular formula is C28H34O2. The van der Waals surface area contributed by atoms with Gasteiger partial charge in [0.1, 0.15) is 11.5 Å². The molecule has 2 heteroatoms. The van der Waals surface area contributed by atoms with Gasteiger partial charge in [0.25, 0.3) is 0 Å². The first-order chi connectivity index (χ1) is 13.8. The van der Waals surface area contributed by atoms with Crippen LogP contribution in [0, 0.1) is 13.8 Å². The molecule has 3 rings (SSSR count). The fourth-order valence-electron chi connectivity index (χ4n) is 3.97. The molecule has 0 bridgehead atoms. The Kier molecular flexibility index (Phi) is 5.49. The van der Waals surface area contributed by atoms with Gasteiger partial charge in [-0.15, -0.1) is 0 Å². The lowest BCUT2D eigenvalue weighted by molar-refractivity contribution is 0.447. The Bertz CT molecular complexity index is 987. The van der Waals surface area contributed by atoms with Crippen LogP contribution in [0.3, 0.4) is 0 Å². The Labute approximate surface area is 181 Å². The van der Waals surface area contributed by atoms with Gasteiger partial charge in [-0.1, -0.05) is 77.9 Å². The molecule has 0 aliphatic rings. The normalized spacial score (nSPS) is 12.3. The predicted octanol–water partition coefficient (Wildman–Crippen LogP) is 7.64. The van der Waals surface area contributed by atoms with Crippen LogP contribution in [0.15, 0.2) is 48.5 Å². The predicted molar refractivity (Wildman–Crippen MR) is 128 cm³/mol. The molecule has 0 heterocycles. The van der Waals surface area contributed by atoms with Gasteiger partial charge in [-0.25, -0.2) is 0 Å². The van der Waals surface area contributed by atoms with Gasteiger partial charge in [0.05, 0.1) is 0 Å². The first-order valence-electron chi connectivity index (χ1n) is 10.6. The minimum Gasteiger partial charge on any atom is -0.507 e. The number of phenols is 2. The lowest BCUT2D eigenvalue weighted by Crippen LogP contribution is -2.12. The third kappa shape index (κ3) is 4.23. The van der Waals surface area contributed by atoms with E-state index in [0.29, 0.717) is 11.5 Å². The summed E-state index contributed by atoms with van der Waals surface area (Å²) in [7, 11) is 0. The number of aryl methyl sites for hydroxylation is 2. The molecule has 0 aliphatic heterocycles. The van der Waals surface area contributed by atoms with Gasteiger partial charge in [0, 0.05) is 22.3 Å². The largest absolute Gasteiger partial charge is 0.507 e. The molecule has 3 aromatic rings. The topological polar surface area (TPSA) is 40.5 Å². The lowest BCUT2D eigenvalue weighted by atomic mass is 9.82. The van der Waals surface area contributed by atoms with E-state index in [-0.39, 0.29) is 10.8 Å². The zero-order valence-corrected chi connectivity index (χ0v) is 19.5. The second kappa shape index (κ2) is 7.50. The van der Waals surface area contributed by atoms with Crippen molar-refractivity contribution in [1.29, 1.82) is 0 Å². The second-order valence-corrected chi connectivity index (χ2v) is 10.5. The van der Waals surface area contributed by atoms with E-state index >= 15 is 0 Å². The Morgan fingerprint density at radius 1 is 0.533 bits per heavy atom. The maximum atomic E-state index is 11.0. The third-order valence-electron chi connectivity index (χ3n) is 5.63. The number of phenolic OH excluding ortho intramolecular Hbond substituents is 2. The van der Waals surface area contributed by atoms with Crippen molar-refractivity contribution in [3.63, 3.8) is 0 Å². The standard InChI is InChI=1S/C28H34O2/c1-17-13-21(25(29)23(15-17)27(3,4)5)19-9-11-20(12-10-19)22-14-18(2)16-24(26(22)30)28(6,7)8/h9-16,29-30H,1-8H3. The highest BCUT2D eigenvalue weighted by Gasteiger charge is 2.23. The Hall–Kier alpha value is -2.74. The smallest absolute Gasteiger partial charge is 0.127 e. The van der Waals surface area contributed by atoms with Crippen LogP contribution >= 0.6 is 0 Å². The van der Waals surface area contributed by atoms with E-state index in [4.69, 9.17) is 0 Å². The van der Waals surface area contributed by atoms with Crippen molar-refractivity contribution in [2.45, 2.75) is 66.2 Å². The first-order valence-corrected chi connectivity index (χ1v) is 10.6. The number of hydrogen-bond acceptors (Lipinski definition) is 2. The van der Waals surface area contributed by atoms with Crippen molar-refractivity contribution < 1.29 is 10.2 Å². The van der Waals surface area contributed by atoms with Crippen molar-refractivity contribution in [3.8, 4) is 33.8 Å². The summed E-state index contributed by atoms with van der Waals surface area (Å²) < 4.78 is 0. The second-order valence-electron chi connectivity index (χ2n) is 10.5. The molecular weight excluding hydrogens is 368 g/mol. The van der Waals surface area contributed by atoms with Crippen LogP contribution in [0.2, 0.25) is 0 Å². The van der Waals surface area contributed by atoms with Gasteiger partial charge in [0.15, 0.2) is 0 Å². The van der Waals surface area contributed by atoms with E-state index < -0.39 is 0 Å². The van der Waals surface area contributed by atoms with Gasteiger partial charge in [-0.05, 0) is 59.1 Å². The van der Waals surface area contributed by atoms with E-state index in [9.17, 15) is 10.2 Å². The van der Waals surface area contributed by atoms with E-state index in [1.54, 1.807) is 0 Å². The van der Waals surface area contributed by atoms with Gasteiger partial charge in [-0.2, -0.15) is 0 Å². The maximum Gasteiger partial charge on any atom is 0.127 e. The first kappa shape index (κ1) is 22.0. The van der Waals surface area contributed by atoms with E-state index in [0.717, 1.165) is 44.5 Å². The summed E-state index contributed by atoms with van der Waals surface area (Å²) in [5.74, 6) is 0.684. The highest BCUT2D eigenvalue weighted by Crippen LogP contribution is 2.42. The van der Waals surface area contributed by atoms with E-state index in [1.165, 1.54) is 0 Å². The summed E-state index contributed by atoms with van der Waals surface area (Å²) in [6.45, 7) is 16.8. The fourth-order valence-corrected chi connectivity index (χ4v) is 3.97.